The fourth-order valence-corrected chi connectivity index (χ4v) is 5.15. The van der Waals surface area contributed by atoms with Crippen molar-refractivity contribution in [1.29, 1.82) is 0 Å². The fraction of sp³-hybridized carbons (Fsp3) is 0.391. The molecule has 0 aliphatic carbocycles. The standard InChI is InChI=1S/C23H28BrCl2N3O4S/c1-15(22(31)27-23(2,3)4)28(13-16-18(25)10-8-11-19(16)26)21(30)14-29(34(5,32)33)20-12-7-6-9-17(20)24/h6-12,15H,13-14H2,1-5H3,(H,27,31)/t15-/m0/s1. The van der Waals surface area contributed by atoms with E-state index in [1.165, 1.54) is 4.90 Å². The molecule has 0 heterocycles. The Morgan fingerprint density at radius 3 is 2.12 bits per heavy atom. The molecule has 0 aliphatic rings. The number of nitrogens with one attached hydrogen (secondary N) is 1. The molecule has 2 aromatic carbocycles. The minimum Gasteiger partial charge on any atom is -0.350 e. The van der Waals surface area contributed by atoms with Crippen LogP contribution in [0.5, 0.6) is 0 Å². The highest BCUT2D eigenvalue weighted by Crippen LogP contribution is 2.29. The summed E-state index contributed by atoms with van der Waals surface area (Å²) in [6, 6.07) is 10.7. The van der Waals surface area contributed by atoms with Gasteiger partial charge in [-0.1, -0.05) is 41.4 Å². The number of carbonyl (C=O) groups is 2. The lowest BCUT2D eigenvalue weighted by Gasteiger charge is -2.33. The number of hydrogen-bond donors (Lipinski definition) is 1. The lowest BCUT2D eigenvalue weighted by molar-refractivity contribution is -0.140. The van der Waals surface area contributed by atoms with E-state index in [1.54, 1.807) is 49.4 Å². The van der Waals surface area contributed by atoms with Gasteiger partial charge in [-0.25, -0.2) is 8.42 Å². The maximum Gasteiger partial charge on any atom is 0.244 e. The minimum atomic E-state index is -3.83. The Kier molecular flexibility index (Phi) is 9.44. The van der Waals surface area contributed by atoms with Crippen LogP contribution in [0.1, 0.15) is 33.3 Å². The molecule has 0 bridgehead atoms. The minimum absolute atomic E-state index is 0.0797. The molecule has 0 radical (unpaired) electrons. The van der Waals surface area contributed by atoms with E-state index in [0.29, 0.717) is 25.8 Å². The molecule has 0 fully saturated rings. The molecule has 2 amide bonds. The van der Waals surface area contributed by atoms with Crippen molar-refractivity contribution >= 4 is 66.7 Å². The molecule has 1 N–H and O–H groups in total. The first-order chi connectivity index (χ1) is 15.6. The van der Waals surface area contributed by atoms with Crippen molar-refractivity contribution in [2.75, 3.05) is 17.1 Å². The number of amides is 2. The Morgan fingerprint density at radius 2 is 1.62 bits per heavy atom. The first-order valence-corrected chi connectivity index (χ1v) is 13.8. The van der Waals surface area contributed by atoms with Gasteiger partial charge in [0, 0.05) is 32.2 Å². The van der Waals surface area contributed by atoms with Crippen molar-refractivity contribution in [3.05, 3.63) is 62.5 Å². The van der Waals surface area contributed by atoms with Crippen LogP contribution in [-0.4, -0.2) is 49.5 Å². The Bertz CT molecular complexity index is 1150. The molecule has 0 aliphatic heterocycles. The SMILES string of the molecule is C[C@@H](C(=O)NC(C)(C)C)N(Cc1c(Cl)cccc1Cl)C(=O)CN(c1ccccc1Br)S(C)(=O)=O. The molecule has 34 heavy (non-hydrogen) atoms. The van der Waals surface area contributed by atoms with Crippen molar-refractivity contribution in [3.8, 4) is 0 Å². The molecule has 0 spiro atoms. The van der Waals surface area contributed by atoms with Gasteiger partial charge in [-0.3, -0.25) is 13.9 Å². The highest BCUT2D eigenvalue weighted by Gasteiger charge is 2.32. The van der Waals surface area contributed by atoms with Crippen molar-refractivity contribution in [3.63, 3.8) is 0 Å². The van der Waals surface area contributed by atoms with Gasteiger partial charge in [0.1, 0.15) is 12.6 Å². The molecule has 0 saturated carbocycles. The maximum atomic E-state index is 13.6. The Morgan fingerprint density at radius 1 is 1.06 bits per heavy atom. The van der Waals surface area contributed by atoms with E-state index in [9.17, 15) is 18.0 Å². The summed E-state index contributed by atoms with van der Waals surface area (Å²) < 4.78 is 26.7. The van der Waals surface area contributed by atoms with Crippen LogP contribution in [0.2, 0.25) is 10.0 Å². The Hall–Kier alpha value is -1.81. The summed E-state index contributed by atoms with van der Waals surface area (Å²) in [6.45, 7) is 6.46. The third-order valence-corrected chi connectivity index (χ3v) is 7.36. The monoisotopic (exact) mass is 591 g/mol. The van der Waals surface area contributed by atoms with Gasteiger partial charge in [0.2, 0.25) is 21.8 Å². The summed E-state index contributed by atoms with van der Waals surface area (Å²) in [4.78, 5) is 27.8. The lowest BCUT2D eigenvalue weighted by atomic mass is 10.1. The largest absolute Gasteiger partial charge is 0.350 e. The van der Waals surface area contributed by atoms with Crippen LogP contribution in [-0.2, 0) is 26.2 Å². The molecule has 11 heteroatoms. The highest BCUT2D eigenvalue weighted by molar-refractivity contribution is 9.10. The topological polar surface area (TPSA) is 86.8 Å². The van der Waals surface area contributed by atoms with Crippen molar-refractivity contribution < 1.29 is 18.0 Å². The van der Waals surface area contributed by atoms with E-state index in [0.717, 1.165) is 10.6 Å². The second-order valence-corrected chi connectivity index (χ2v) is 12.4. The summed E-state index contributed by atoms with van der Waals surface area (Å²) in [6.07, 6.45) is 1.02. The molecule has 0 aromatic heterocycles. The van der Waals surface area contributed by atoms with Gasteiger partial charge < -0.3 is 10.2 Å². The third kappa shape index (κ3) is 7.60. The maximum absolute atomic E-state index is 13.6. The van der Waals surface area contributed by atoms with Crippen LogP contribution in [0.3, 0.4) is 0 Å². The summed E-state index contributed by atoms with van der Waals surface area (Å²) in [5, 5.41) is 3.52. The van der Waals surface area contributed by atoms with Gasteiger partial charge in [-0.05, 0) is 67.9 Å². The van der Waals surface area contributed by atoms with Crippen LogP contribution < -0.4 is 9.62 Å². The van der Waals surface area contributed by atoms with Crippen LogP contribution in [0.4, 0.5) is 5.69 Å². The van der Waals surface area contributed by atoms with E-state index < -0.39 is 40.0 Å². The normalized spacial score (nSPS) is 12.7. The molecule has 2 aromatic rings. The lowest BCUT2D eigenvalue weighted by Crippen LogP contribution is -2.54. The van der Waals surface area contributed by atoms with Crippen molar-refractivity contribution in [2.45, 2.75) is 45.8 Å². The highest BCUT2D eigenvalue weighted by atomic mass is 79.9. The Labute approximate surface area is 219 Å². The third-order valence-electron chi connectivity index (χ3n) is 4.86. The zero-order chi connectivity index (χ0) is 25.8. The zero-order valence-corrected chi connectivity index (χ0v) is 23.5. The zero-order valence-electron chi connectivity index (χ0n) is 19.6. The number of carbonyl (C=O) groups excluding carboxylic acids is 2. The number of hydrogen-bond acceptors (Lipinski definition) is 4. The van der Waals surface area contributed by atoms with Gasteiger partial charge in [0.25, 0.3) is 0 Å². The molecule has 0 unspecified atom stereocenters. The van der Waals surface area contributed by atoms with Gasteiger partial charge in [-0.15, -0.1) is 0 Å². The number of benzene rings is 2. The number of para-hydroxylation sites is 1. The number of sulfonamides is 1. The summed E-state index contributed by atoms with van der Waals surface area (Å²) in [5.41, 5.74) is 0.234. The number of halogens is 3. The molecule has 7 nitrogen and oxygen atoms in total. The van der Waals surface area contributed by atoms with Crippen LogP contribution in [0, 0.1) is 0 Å². The second-order valence-electron chi connectivity index (χ2n) is 8.86. The van der Waals surface area contributed by atoms with Gasteiger partial charge >= 0.3 is 0 Å². The van der Waals surface area contributed by atoms with E-state index in [4.69, 9.17) is 23.2 Å². The smallest absolute Gasteiger partial charge is 0.244 e. The summed E-state index contributed by atoms with van der Waals surface area (Å²) >= 11 is 16.0. The van der Waals surface area contributed by atoms with Crippen molar-refractivity contribution in [2.24, 2.45) is 0 Å². The number of rotatable bonds is 8. The van der Waals surface area contributed by atoms with E-state index >= 15 is 0 Å². The van der Waals surface area contributed by atoms with Crippen LogP contribution in [0.15, 0.2) is 46.9 Å². The predicted octanol–water partition coefficient (Wildman–Crippen LogP) is 4.85. The van der Waals surface area contributed by atoms with Gasteiger partial charge in [-0.2, -0.15) is 0 Å². The van der Waals surface area contributed by atoms with Gasteiger partial charge in [0.15, 0.2) is 0 Å². The molecule has 0 saturated heterocycles. The van der Waals surface area contributed by atoms with E-state index in [1.807, 2.05) is 20.8 Å². The fourth-order valence-electron chi connectivity index (χ4n) is 3.16. The molecular weight excluding hydrogens is 565 g/mol. The van der Waals surface area contributed by atoms with Crippen LogP contribution >= 0.6 is 39.1 Å². The quantitative estimate of drug-likeness (QED) is 0.474. The Balaban J connectivity index is 2.48. The molecule has 186 valence electrons. The number of anilines is 1. The molecular formula is C23H28BrCl2N3O4S. The first kappa shape index (κ1) is 28.4. The van der Waals surface area contributed by atoms with Crippen LogP contribution in [0.25, 0.3) is 0 Å². The average Bonchev–Trinajstić information content (AvgIpc) is 2.70. The first-order valence-electron chi connectivity index (χ1n) is 10.4. The van der Waals surface area contributed by atoms with E-state index in [2.05, 4.69) is 21.2 Å². The van der Waals surface area contributed by atoms with E-state index in [-0.39, 0.29) is 6.54 Å². The second kappa shape index (κ2) is 11.3. The summed E-state index contributed by atoms with van der Waals surface area (Å²) in [5.74, 6) is -0.982. The summed E-state index contributed by atoms with van der Waals surface area (Å²) in [7, 11) is -3.83. The molecule has 1 atom stereocenters. The average molecular weight is 593 g/mol. The molecule has 2 rings (SSSR count). The van der Waals surface area contributed by atoms with Gasteiger partial charge in [0.05, 0.1) is 11.9 Å². The predicted molar refractivity (Wildman–Crippen MR) is 141 cm³/mol. The number of nitrogens with zero attached hydrogens (tertiary/aromatic N) is 2. The van der Waals surface area contributed by atoms with Crippen molar-refractivity contribution in [1.82, 2.24) is 10.2 Å².